The number of benzene rings is 2. The van der Waals surface area contributed by atoms with Crippen LogP contribution < -0.4 is 14.5 Å². The number of aliphatic hydroxyl groups excluding tert-OH is 1. The molecule has 3 amide bonds. The van der Waals surface area contributed by atoms with Crippen molar-refractivity contribution in [2.24, 2.45) is 0 Å². The summed E-state index contributed by atoms with van der Waals surface area (Å²) < 4.78 is 101. The topological polar surface area (TPSA) is 73.3 Å². The van der Waals surface area contributed by atoms with E-state index in [4.69, 9.17) is 4.74 Å². The van der Waals surface area contributed by atoms with Crippen LogP contribution in [0.2, 0.25) is 0 Å². The number of carbonyl (C=O) groups is 2. The van der Waals surface area contributed by atoms with Gasteiger partial charge in [0.05, 0.1) is 23.4 Å². The molecule has 2 fully saturated rings. The van der Waals surface area contributed by atoms with Gasteiger partial charge in [-0.3, -0.25) is 9.80 Å². The SMILES string of the molecule is CN(C(=O)Oc1c(N2CCN(C3(CO)CC3)C2=O)cc(C(F)(F)F)cc1C(F)(F)F)c1ccc(F)cc1. The Morgan fingerprint density at radius 2 is 1.68 bits per heavy atom. The highest BCUT2D eigenvalue weighted by atomic mass is 19.4. The molecule has 4 rings (SSSR count). The van der Waals surface area contributed by atoms with Crippen molar-refractivity contribution < 1.29 is 50.2 Å². The molecule has 0 unspecified atom stereocenters. The minimum Gasteiger partial charge on any atom is -0.407 e. The van der Waals surface area contributed by atoms with Crippen LogP contribution in [0.4, 0.5) is 51.7 Å². The molecule has 37 heavy (non-hydrogen) atoms. The van der Waals surface area contributed by atoms with Gasteiger partial charge in [0.25, 0.3) is 0 Å². The smallest absolute Gasteiger partial charge is 0.407 e. The summed E-state index contributed by atoms with van der Waals surface area (Å²) in [7, 11) is 1.10. The van der Waals surface area contributed by atoms with Crippen LogP contribution in [0.3, 0.4) is 0 Å². The molecule has 0 aromatic heterocycles. The maximum atomic E-state index is 14.0. The zero-order valence-corrected chi connectivity index (χ0v) is 19.2. The van der Waals surface area contributed by atoms with Crippen molar-refractivity contribution in [3.8, 4) is 5.75 Å². The van der Waals surface area contributed by atoms with E-state index in [-0.39, 0.29) is 24.8 Å². The number of amides is 3. The number of hydrogen-bond acceptors (Lipinski definition) is 4. The molecule has 1 saturated heterocycles. The number of halogens is 7. The fraction of sp³-hybridized carbons (Fsp3) is 0.391. The second-order valence-corrected chi connectivity index (χ2v) is 8.74. The van der Waals surface area contributed by atoms with Crippen molar-refractivity contribution in [3.63, 3.8) is 0 Å². The Morgan fingerprint density at radius 1 is 1.05 bits per heavy atom. The lowest BCUT2D eigenvalue weighted by atomic mass is 10.1. The molecule has 0 spiro atoms. The molecule has 2 aliphatic rings. The Hall–Kier alpha value is -3.55. The van der Waals surface area contributed by atoms with Gasteiger partial charge in [0, 0.05) is 25.8 Å². The van der Waals surface area contributed by atoms with E-state index in [0.717, 1.165) is 36.2 Å². The molecular formula is C23H20F7N3O4. The van der Waals surface area contributed by atoms with E-state index in [1.165, 1.54) is 4.90 Å². The Bertz CT molecular complexity index is 1210. The monoisotopic (exact) mass is 535 g/mol. The molecule has 0 atom stereocenters. The van der Waals surface area contributed by atoms with Gasteiger partial charge in [-0.2, -0.15) is 26.3 Å². The summed E-state index contributed by atoms with van der Waals surface area (Å²) in [6.07, 6.45) is -11.2. The van der Waals surface area contributed by atoms with Crippen molar-refractivity contribution in [1.29, 1.82) is 0 Å². The van der Waals surface area contributed by atoms with Crippen LogP contribution in [0.5, 0.6) is 5.75 Å². The highest BCUT2D eigenvalue weighted by molar-refractivity contribution is 5.98. The van der Waals surface area contributed by atoms with E-state index in [0.29, 0.717) is 23.8 Å². The average molecular weight is 535 g/mol. The molecule has 0 radical (unpaired) electrons. The van der Waals surface area contributed by atoms with E-state index in [1.54, 1.807) is 0 Å². The third-order valence-electron chi connectivity index (χ3n) is 6.37. The summed E-state index contributed by atoms with van der Waals surface area (Å²) in [4.78, 5) is 28.4. The highest BCUT2D eigenvalue weighted by Gasteiger charge is 2.54. The normalized spacial score (nSPS) is 17.3. The lowest BCUT2D eigenvalue weighted by Gasteiger charge is -2.28. The number of aliphatic hydroxyl groups is 1. The number of alkyl halides is 6. The lowest BCUT2D eigenvalue weighted by Crippen LogP contribution is -2.43. The molecule has 14 heteroatoms. The lowest BCUT2D eigenvalue weighted by molar-refractivity contribution is -0.143. The molecule has 0 bridgehead atoms. The molecule has 1 saturated carbocycles. The molecule has 7 nitrogen and oxygen atoms in total. The standard InChI is InChI=1S/C23H20F7N3O4/c1-31(15-4-2-14(24)3-5-15)20(36)37-18-16(23(28,29)30)10-13(22(25,26)27)11-17(18)32-8-9-33(19(32)35)21(12-34)6-7-21/h2-5,10-11,34H,6-9,12H2,1H3. The average Bonchev–Trinajstić information content (AvgIpc) is 3.52. The predicted molar refractivity (Wildman–Crippen MR) is 116 cm³/mol. The Labute approximate surface area is 205 Å². The van der Waals surface area contributed by atoms with Gasteiger partial charge in [-0.1, -0.05) is 0 Å². The second-order valence-electron chi connectivity index (χ2n) is 8.74. The molecule has 1 heterocycles. The first-order valence-electron chi connectivity index (χ1n) is 10.9. The van der Waals surface area contributed by atoms with Crippen LogP contribution in [0.1, 0.15) is 24.0 Å². The Balaban J connectivity index is 1.80. The number of carbonyl (C=O) groups excluding carboxylic acids is 2. The molecule has 2 aromatic rings. The van der Waals surface area contributed by atoms with Gasteiger partial charge in [-0.05, 0) is 49.2 Å². The van der Waals surface area contributed by atoms with Gasteiger partial charge in [0.1, 0.15) is 11.4 Å². The Kier molecular flexibility index (Phi) is 6.51. The molecule has 200 valence electrons. The van der Waals surface area contributed by atoms with Crippen LogP contribution in [-0.4, -0.2) is 54.4 Å². The molecular weight excluding hydrogens is 515 g/mol. The van der Waals surface area contributed by atoms with Crippen LogP contribution in [0.15, 0.2) is 36.4 Å². The maximum Gasteiger partial charge on any atom is 0.420 e. The van der Waals surface area contributed by atoms with E-state index in [2.05, 4.69) is 0 Å². The number of urea groups is 1. The summed E-state index contributed by atoms with van der Waals surface area (Å²) in [5, 5.41) is 9.64. The van der Waals surface area contributed by atoms with E-state index < -0.39 is 65.0 Å². The third-order valence-corrected chi connectivity index (χ3v) is 6.37. The van der Waals surface area contributed by atoms with Crippen molar-refractivity contribution in [1.82, 2.24) is 4.90 Å². The van der Waals surface area contributed by atoms with Gasteiger partial charge in [-0.15, -0.1) is 0 Å². The first kappa shape index (κ1) is 26.5. The minimum absolute atomic E-state index is 0.0236. The van der Waals surface area contributed by atoms with Crippen molar-refractivity contribution in [2.45, 2.75) is 30.7 Å². The van der Waals surface area contributed by atoms with Gasteiger partial charge < -0.3 is 14.7 Å². The second kappa shape index (κ2) is 9.08. The molecule has 1 N–H and O–H groups in total. The van der Waals surface area contributed by atoms with Crippen molar-refractivity contribution in [3.05, 3.63) is 53.3 Å². The Morgan fingerprint density at radius 3 is 2.19 bits per heavy atom. The van der Waals surface area contributed by atoms with Crippen LogP contribution >= 0.6 is 0 Å². The predicted octanol–water partition coefficient (Wildman–Crippen LogP) is 5.27. The molecule has 2 aromatic carbocycles. The van der Waals surface area contributed by atoms with Crippen molar-refractivity contribution >= 4 is 23.5 Å². The summed E-state index contributed by atoms with van der Waals surface area (Å²) in [5.41, 5.74) is -5.41. The van der Waals surface area contributed by atoms with E-state index in [9.17, 15) is 45.4 Å². The summed E-state index contributed by atoms with van der Waals surface area (Å²) in [6.45, 7) is -0.801. The minimum atomic E-state index is -5.40. The maximum absolute atomic E-state index is 14.0. The van der Waals surface area contributed by atoms with Crippen molar-refractivity contribution in [2.75, 3.05) is 36.5 Å². The zero-order valence-electron chi connectivity index (χ0n) is 19.2. The number of rotatable bonds is 5. The van der Waals surface area contributed by atoms with Gasteiger partial charge >= 0.3 is 24.5 Å². The summed E-state index contributed by atoms with van der Waals surface area (Å²) >= 11 is 0. The van der Waals surface area contributed by atoms with Gasteiger partial charge in [0.2, 0.25) is 0 Å². The van der Waals surface area contributed by atoms with Gasteiger partial charge in [0.15, 0.2) is 5.75 Å². The summed E-state index contributed by atoms with van der Waals surface area (Å²) in [6, 6.07) is 3.44. The molecule has 1 aliphatic carbocycles. The first-order chi connectivity index (χ1) is 17.2. The largest absolute Gasteiger partial charge is 0.420 e. The highest BCUT2D eigenvalue weighted by Crippen LogP contribution is 2.49. The fourth-order valence-corrected chi connectivity index (χ4v) is 4.08. The number of anilines is 2. The zero-order chi connectivity index (χ0) is 27.3. The number of ether oxygens (including phenoxy) is 1. The third kappa shape index (κ3) is 5.02. The van der Waals surface area contributed by atoms with Gasteiger partial charge in [-0.25, -0.2) is 14.0 Å². The number of nitrogens with zero attached hydrogens (tertiary/aromatic N) is 3. The van der Waals surface area contributed by atoms with Crippen LogP contribution in [0.25, 0.3) is 0 Å². The van der Waals surface area contributed by atoms with Crippen LogP contribution in [0, 0.1) is 5.82 Å². The molecule has 1 aliphatic heterocycles. The van der Waals surface area contributed by atoms with E-state index in [1.807, 2.05) is 0 Å². The summed E-state index contributed by atoms with van der Waals surface area (Å²) in [5.74, 6) is -1.94. The van der Waals surface area contributed by atoms with Crippen LogP contribution in [-0.2, 0) is 12.4 Å². The quantitative estimate of drug-likeness (QED) is 0.530. The first-order valence-corrected chi connectivity index (χ1v) is 10.9. The number of hydrogen-bond donors (Lipinski definition) is 1. The van der Waals surface area contributed by atoms with E-state index >= 15 is 0 Å². The fourth-order valence-electron chi connectivity index (χ4n) is 4.08.